The summed E-state index contributed by atoms with van der Waals surface area (Å²) in [6.45, 7) is 10.1. The fourth-order valence-electron chi connectivity index (χ4n) is 2.39. The van der Waals surface area contributed by atoms with Gasteiger partial charge in [-0.15, -0.1) is 0 Å². The zero-order valence-electron chi connectivity index (χ0n) is 12.2. The molecule has 1 unspecified atom stereocenters. The summed E-state index contributed by atoms with van der Waals surface area (Å²) in [5, 5.41) is 3.51. The highest BCUT2D eigenvalue weighted by Crippen LogP contribution is 2.21. The molecule has 0 saturated carbocycles. The van der Waals surface area contributed by atoms with Crippen LogP contribution in [-0.2, 0) is 13.1 Å². The highest BCUT2D eigenvalue weighted by Gasteiger charge is 2.13. The third-order valence-corrected chi connectivity index (χ3v) is 3.38. The van der Waals surface area contributed by atoms with E-state index in [2.05, 4.69) is 34.8 Å². The first-order valence-electron chi connectivity index (χ1n) is 6.92. The number of imidazole rings is 1. The number of hydrogen-bond acceptors (Lipinski definition) is 3. The highest BCUT2D eigenvalue weighted by atomic mass is 16.3. The van der Waals surface area contributed by atoms with E-state index in [1.165, 1.54) is 5.56 Å². The zero-order chi connectivity index (χ0) is 13.8. The average molecular weight is 261 g/mol. The summed E-state index contributed by atoms with van der Waals surface area (Å²) in [5.74, 6) is 3.05. The maximum Gasteiger partial charge on any atom is 0.122 e. The Morgan fingerprint density at radius 3 is 2.84 bits per heavy atom. The van der Waals surface area contributed by atoms with Crippen LogP contribution in [0.4, 0.5) is 0 Å². The van der Waals surface area contributed by atoms with Crippen molar-refractivity contribution >= 4 is 0 Å². The van der Waals surface area contributed by atoms with Crippen LogP contribution >= 0.6 is 0 Å². The number of aromatic nitrogens is 2. The lowest BCUT2D eigenvalue weighted by Gasteiger charge is -2.13. The third-order valence-electron chi connectivity index (χ3n) is 3.38. The van der Waals surface area contributed by atoms with Crippen molar-refractivity contribution in [3.63, 3.8) is 0 Å². The fraction of sp³-hybridized carbons (Fsp3) is 0.533. The molecular formula is C15H23N3O. The second-order valence-corrected chi connectivity index (χ2v) is 5.01. The second kappa shape index (κ2) is 6.06. The van der Waals surface area contributed by atoms with E-state index in [1.807, 2.05) is 26.2 Å². The Morgan fingerprint density at radius 1 is 1.42 bits per heavy atom. The van der Waals surface area contributed by atoms with Gasteiger partial charge >= 0.3 is 0 Å². The van der Waals surface area contributed by atoms with Crippen LogP contribution in [0.25, 0.3) is 0 Å². The molecule has 0 aliphatic rings. The van der Waals surface area contributed by atoms with Crippen LogP contribution in [0.5, 0.6) is 0 Å². The molecule has 104 valence electrons. The van der Waals surface area contributed by atoms with Gasteiger partial charge in [-0.2, -0.15) is 0 Å². The molecule has 0 spiro atoms. The molecular weight excluding hydrogens is 238 g/mol. The largest absolute Gasteiger partial charge is 0.466 e. The SMILES string of the molecule is CCCn1ccnc1CNC(C)c1cc(C)oc1C. The Labute approximate surface area is 114 Å². The Morgan fingerprint density at radius 2 is 2.21 bits per heavy atom. The lowest BCUT2D eigenvalue weighted by molar-refractivity contribution is 0.485. The van der Waals surface area contributed by atoms with Crippen LogP contribution in [0.2, 0.25) is 0 Å². The average Bonchev–Trinajstić information content (AvgIpc) is 2.93. The molecule has 0 radical (unpaired) electrons. The lowest BCUT2D eigenvalue weighted by atomic mass is 10.1. The van der Waals surface area contributed by atoms with E-state index >= 15 is 0 Å². The minimum atomic E-state index is 0.268. The number of aryl methyl sites for hydroxylation is 3. The predicted molar refractivity (Wildman–Crippen MR) is 76.0 cm³/mol. The maximum absolute atomic E-state index is 5.57. The first kappa shape index (κ1) is 13.9. The van der Waals surface area contributed by atoms with Gasteiger partial charge in [-0.1, -0.05) is 6.92 Å². The van der Waals surface area contributed by atoms with Gasteiger partial charge in [0.1, 0.15) is 17.3 Å². The van der Waals surface area contributed by atoms with Crippen molar-refractivity contribution < 1.29 is 4.42 Å². The van der Waals surface area contributed by atoms with Crippen molar-refractivity contribution in [2.24, 2.45) is 0 Å². The molecule has 0 aliphatic heterocycles. The van der Waals surface area contributed by atoms with E-state index in [0.717, 1.165) is 36.9 Å². The third kappa shape index (κ3) is 3.26. The molecule has 2 aromatic rings. The Kier molecular flexibility index (Phi) is 4.43. The summed E-state index contributed by atoms with van der Waals surface area (Å²) in [7, 11) is 0. The predicted octanol–water partition coefficient (Wildman–Crippen LogP) is 3.35. The number of rotatable bonds is 6. The first-order chi connectivity index (χ1) is 9.11. The van der Waals surface area contributed by atoms with Crippen LogP contribution in [0.15, 0.2) is 22.9 Å². The molecule has 4 nitrogen and oxygen atoms in total. The Bertz CT molecular complexity index is 527. The van der Waals surface area contributed by atoms with Crippen molar-refractivity contribution in [1.82, 2.24) is 14.9 Å². The van der Waals surface area contributed by atoms with Gasteiger partial charge in [-0.25, -0.2) is 4.98 Å². The number of nitrogens with one attached hydrogen (secondary N) is 1. The zero-order valence-corrected chi connectivity index (χ0v) is 12.2. The first-order valence-corrected chi connectivity index (χ1v) is 6.92. The van der Waals surface area contributed by atoms with Crippen molar-refractivity contribution in [3.05, 3.63) is 41.4 Å². The number of hydrogen-bond donors (Lipinski definition) is 1. The smallest absolute Gasteiger partial charge is 0.122 e. The van der Waals surface area contributed by atoms with Crippen LogP contribution in [-0.4, -0.2) is 9.55 Å². The summed E-state index contributed by atoms with van der Waals surface area (Å²) in [6, 6.07) is 2.37. The minimum Gasteiger partial charge on any atom is -0.466 e. The molecule has 1 atom stereocenters. The summed E-state index contributed by atoms with van der Waals surface area (Å²) in [6.07, 6.45) is 5.03. The monoisotopic (exact) mass is 261 g/mol. The normalized spacial score (nSPS) is 12.8. The summed E-state index contributed by atoms with van der Waals surface area (Å²) < 4.78 is 7.78. The molecule has 2 aromatic heterocycles. The van der Waals surface area contributed by atoms with Crippen LogP contribution < -0.4 is 5.32 Å². The molecule has 0 amide bonds. The molecule has 2 rings (SSSR count). The minimum absolute atomic E-state index is 0.268. The van der Waals surface area contributed by atoms with E-state index < -0.39 is 0 Å². The molecule has 0 saturated heterocycles. The quantitative estimate of drug-likeness (QED) is 0.867. The Hall–Kier alpha value is -1.55. The molecule has 1 N–H and O–H groups in total. The second-order valence-electron chi connectivity index (χ2n) is 5.01. The van der Waals surface area contributed by atoms with E-state index in [-0.39, 0.29) is 6.04 Å². The van der Waals surface area contributed by atoms with Gasteiger partial charge in [0.15, 0.2) is 0 Å². The van der Waals surface area contributed by atoms with E-state index in [0.29, 0.717) is 0 Å². The van der Waals surface area contributed by atoms with Crippen molar-refractivity contribution in [2.45, 2.75) is 53.2 Å². The van der Waals surface area contributed by atoms with Crippen molar-refractivity contribution in [2.75, 3.05) is 0 Å². The molecule has 0 aliphatic carbocycles. The van der Waals surface area contributed by atoms with Gasteiger partial charge < -0.3 is 14.3 Å². The van der Waals surface area contributed by atoms with Gasteiger partial charge in [0, 0.05) is 30.5 Å². The van der Waals surface area contributed by atoms with Crippen LogP contribution in [0.3, 0.4) is 0 Å². The standard InChI is InChI=1S/C15H23N3O/c1-5-7-18-8-6-16-15(18)10-17-12(3)14-9-11(2)19-13(14)4/h6,8-9,12,17H,5,7,10H2,1-4H3. The van der Waals surface area contributed by atoms with E-state index in [1.54, 1.807) is 0 Å². The Balaban J connectivity index is 1.98. The summed E-state index contributed by atoms with van der Waals surface area (Å²) >= 11 is 0. The van der Waals surface area contributed by atoms with Gasteiger partial charge in [-0.3, -0.25) is 0 Å². The maximum atomic E-state index is 5.57. The molecule has 2 heterocycles. The fourth-order valence-corrected chi connectivity index (χ4v) is 2.39. The molecule has 0 bridgehead atoms. The molecule has 4 heteroatoms. The van der Waals surface area contributed by atoms with E-state index in [9.17, 15) is 0 Å². The summed E-state index contributed by atoms with van der Waals surface area (Å²) in [4.78, 5) is 4.41. The number of nitrogens with zero attached hydrogens (tertiary/aromatic N) is 2. The van der Waals surface area contributed by atoms with E-state index in [4.69, 9.17) is 4.42 Å². The van der Waals surface area contributed by atoms with Crippen LogP contribution in [0, 0.1) is 13.8 Å². The molecule has 0 fully saturated rings. The lowest BCUT2D eigenvalue weighted by Crippen LogP contribution is -2.21. The van der Waals surface area contributed by atoms with Crippen molar-refractivity contribution in [1.29, 1.82) is 0 Å². The van der Waals surface area contributed by atoms with Gasteiger partial charge in [0.25, 0.3) is 0 Å². The topological polar surface area (TPSA) is 43.0 Å². The molecule has 0 aromatic carbocycles. The van der Waals surface area contributed by atoms with Crippen LogP contribution in [0.1, 0.15) is 49.2 Å². The highest BCUT2D eigenvalue weighted by molar-refractivity contribution is 5.23. The van der Waals surface area contributed by atoms with Gasteiger partial charge in [0.05, 0.1) is 6.54 Å². The molecule has 19 heavy (non-hydrogen) atoms. The van der Waals surface area contributed by atoms with Gasteiger partial charge in [0.2, 0.25) is 0 Å². The van der Waals surface area contributed by atoms with Crippen molar-refractivity contribution in [3.8, 4) is 0 Å². The number of furan rings is 1. The van der Waals surface area contributed by atoms with Gasteiger partial charge in [-0.05, 0) is 33.3 Å². The summed E-state index contributed by atoms with van der Waals surface area (Å²) in [5.41, 5.74) is 1.23.